The van der Waals surface area contributed by atoms with Gasteiger partial charge in [-0.05, 0) is 49.2 Å². The number of aromatic nitrogens is 1. The van der Waals surface area contributed by atoms with Crippen LogP contribution < -0.4 is 0 Å². The fraction of sp³-hybridized carbons (Fsp3) is 0.200. The Balaban J connectivity index is 2.14. The van der Waals surface area contributed by atoms with Crippen LogP contribution in [0.3, 0.4) is 0 Å². The number of fused-ring (bicyclic) bond motifs is 1. The maximum absolute atomic E-state index is 13.4. The van der Waals surface area contributed by atoms with Crippen molar-refractivity contribution in [3.63, 3.8) is 0 Å². The quantitative estimate of drug-likeness (QED) is 0.307. The molecule has 0 unspecified atom stereocenters. The Morgan fingerprint density at radius 1 is 1.07 bits per heavy atom. The molecule has 3 nitrogen and oxygen atoms in total. The third-order valence-electron chi connectivity index (χ3n) is 3.93. The van der Waals surface area contributed by atoms with Crippen molar-refractivity contribution in [2.45, 2.75) is 29.9 Å². The van der Waals surface area contributed by atoms with Gasteiger partial charge < -0.3 is 4.74 Å². The minimum atomic E-state index is -4.45. The SMILES string of the molecule is CC(C)(OC=O)Sc1ccnc2ccc(-c3ccccc3C(F)(F)F)cc12. The predicted octanol–water partition coefficient (Wildman–Crippen LogP) is 5.92. The number of hydrogen-bond acceptors (Lipinski definition) is 4. The van der Waals surface area contributed by atoms with Crippen molar-refractivity contribution in [3.8, 4) is 11.1 Å². The average molecular weight is 391 g/mol. The lowest BCUT2D eigenvalue weighted by Gasteiger charge is -2.22. The van der Waals surface area contributed by atoms with E-state index in [-0.39, 0.29) is 5.56 Å². The van der Waals surface area contributed by atoms with Crippen LogP contribution in [-0.2, 0) is 15.7 Å². The molecule has 0 aliphatic rings. The topological polar surface area (TPSA) is 39.2 Å². The van der Waals surface area contributed by atoms with E-state index in [1.54, 1.807) is 50.4 Å². The van der Waals surface area contributed by atoms with Crippen LogP contribution in [0, 0.1) is 0 Å². The van der Waals surface area contributed by atoms with Gasteiger partial charge in [-0.15, -0.1) is 0 Å². The molecule has 0 N–H and O–H groups in total. The Bertz CT molecular complexity index is 986. The lowest BCUT2D eigenvalue weighted by atomic mass is 9.98. The number of ether oxygens (including phenoxy) is 1. The van der Waals surface area contributed by atoms with Gasteiger partial charge in [0, 0.05) is 16.5 Å². The molecule has 0 bridgehead atoms. The van der Waals surface area contributed by atoms with Crippen molar-refractivity contribution in [1.29, 1.82) is 0 Å². The molecule has 0 spiro atoms. The molecular formula is C20H16F3NO2S. The van der Waals surface area contributed by atoms with E-state index >= 15 is 0 Å². The van der Waals surface area contributed by atoms with Gasteiger partial charge in [-0.3, -0.25) is 9.78 Å². The Kier molecular flexibility index (Phi) is 5.15. The van der Waals surface area contributed by atoms with E-state index in [0.29, 0.717) is 22.9 Å². The summed E-state index contributed by atoms with van der Waals surface area (Å²) in [5, 5.41) is 0.694. The summed E-state index contributed by atoms with van der Waals surface area (Å²) in [7, 11) is 0. The third-order valence-corrected chi connectivity index (χ3v) is 5.10. The summed E-state index contributed by atoms with van der Waals surface area (Å²) < 4.78 is 45.2. The largest absolute Gasteiger partial charge is 0.450 e. The van der Waals surface area contributed by atoms with Crippen LogP contribution in [0.2, 0.25) is 0 Å². The summed E-state index contributed by atoms with van der Waals surface area (Å²) in [6, 6.07) is 12.2. The van der Waals surface area contributed by atoms with Crippen LogP contribution in [0.4, 0.5) is 13.2 Å². The Hall–Kier alpha value is -2.54. The molecule has 140 valence electrons. The number of hydrogen-bond donors (Lipinski definition) is 0. The number of nitrogens with zero attached hydrogens (tertiary/aromatic N) is 1. The molecule has 0 atom stereocenters. The zero-order chi connectivity index (χ0) is 19.7. The second-order valence-electron chi connectivity index (χ2n) is 6.30. The van der Waals surface area contributed by atoms with Gasteiger partial charge in [0.25, 0.3) is 6.47 Å². The van der Waals surface area contributed by atoms with Crippen molar-refractivity contribution in [2.24, 2.45) is 0 Å². The second kappa shape index (κ2) is 7.23. The standard InChI is InChI=1S/C20H16F3NO2S/c1-19(2,26-12-25)27-18-9-10-24-17-8-7-13(11-15(17)18)14-5-3-4-6-16(14)20(21,22)23/h3-12H,1-2H3. The molecule has 0 fully saturated rings. The average Bonchev–Trinajstić information content (AvgIpc) is 2.60. The molecule has 0 aliphatic heterocycles. The molecule has 1 aromatic heterocycles. The predicted molar refractivity (Wildman–Crippen MR) is 99.3 cm³/mol. The smallest absolute Gasteiger partial charge is 0.417 e. The zero-order valence-corrected chi connectivity index (χ0v) is 15.4. The monoisotopic (exact) mass is 391 g/mol. The summed E-state index contributed by atoms with van der Waals surface area (Å²) in [6.45, 7) is 3.85. The van der Waals surface area contributed by atoms with Gasteiger partial charge in [-0.1, -0.05) is 36.0 Å². The number of carbonyl (C=O) groups is 1. The highest BCUT2D eigenvalue weighted by atomic mass is 32.2. The van der Waals surface area contributed by atoms with E-state index in [0.717, 1.165) is 11.0 Å². The number of benzene rings is 2. The molecule has 2 aromatic carbocycles. The minimum Gasteiger partial charge on any atom is -0.450 e. The first-order chi connectivity index (χ1) is 12.7. The highest BCUT2D eigenvalue weighted by Gasteiger charge is 2.33. The number of thioether (sulfide) groups is 1. The van der Waals surface area contributed by atoms with E-state index in [9.17, 15) is 18.0 Å². The molecular weight excluding hydrogens is 375 g/mol. The maximum atomic E-state index is 13.4. The Morgan fingerprint density at radius 3 is 2.52 bits per heavy atom. The fourth-order valence-electron chi connectivity index (χ4n) is 2.76. The first-order valence-electron chi connectivity index (χ1n) is 8.07. The summed E-state index contributed by atoms with van der Waals surface area (Å²) in [6.07, 6.45) is -2.83. The number of halogens is 3. The minimum absolute atomic E-state index is 0.107. The van der Waals surface area contributed by atoms with Gasteiger partial charge in [-0.25, -0.2) is 0 Å². The highest BCUT2D eigenvalue weighted by molar-refractivity contribution is 8.00. The first kappa shape index (κ1) is 19.2. The van der Waals surface area contributed by atoms with Crippen molar-refractivity contribution in [1.82, 2.24) is 4.98 Å². The number of pyridine rings is 1. The number of carbonyl (C=O) groups excluding carboxylic acids is 1. The molecule has 1 heterocycles. The van der Waals surface area contributed by atoms with E-state index in [1.165, 1.54) is 23.9 Å². The van der Waals surface area contributed by atoms with E-state index in [1.807, 2.05) is 0 Å². The number of alkyl halides is 3. The molecule has 27 heavy (non-hydrogen) atoms. The highest BCUT2D eigenvalue weighted by Crippen LogP contribution is 2.40. The van der Waals surface area contributed by atoms with Gasteiger partial charge in [-0.2, -0.15) is 13.2 Å². The molecule has 0 radical (unpaired) electrons. The molecule has 0 saturated carbocycles. The van der Waals surface area contributed by atoms with Gasteiger partial charge >= 0.3 is 6.18 Å². The summed E-state index contributed by atoms with van der Waals surface area (Å²) in [5.41, 5.74) is 0.511. The van der Waals surface area contributed by atoms with E-state index in [4.69, 9.17) is 4.74 Å². The lowest BCUT2D eigenvalue weighted by Crippen LogP contribution is -2.18. The van der Waals surface area contributed by atoms with Crippen LogP contribution in [0.25, 0.3) is 22.0 Å². The van der Waals surface area contributed by atoms with Crippen molar-refractivity contribution >= 4 is 29.1 Å². The maximum Gasteiger partial charge on any atom is 0.417 e. The van der Waals surface area contributed by atoms with Gasteiger partial charge in [0.05, 0.1) is 11.1 Å². The first-order valence-corrected chi connectivity index (χ1v) is 8.89. The Morgan fingerprint density at radius 2 is 1.81 bits per heavy atom. The molecule has 0 amide bonds. The van der Waals surface area contributed by atoms with Crippen LogP contribution in [-0.4, -0.2) is 16.4 Å². The van der Waals surface area contributed by atoms with Gasteiger partial charge in [0.15, 0.2) is 4.93 Å². The molecule has 0 aliphatic carbocycles. The second-order valence-corrected chi connectivity index (χ2v) is 7.93. The summed E-state index contributed by atoms with van der Waals surface area (Å²) in [4.78, 5) is 14.9. The molecule has 3 rings (SSSR count). The van der Waals surface area contributed by atoms with Crippen LogP contribution >= 0.6 is 11.8 Å². The summed E-state index contributed by atoms with van der Waals surface area (Å²) in [5.74, 6) is 0. The number of rotatable bonds is 5. The van der Waals surface area contributed by atoms with Crippen molar-refractivity contribution in [2.75, 3.05) is 0 Å². The molecule has 7 heteroatoms. The zero-order valence-electron chi connectivity index (χ0n) is 14.6. The van der Waals surface area contributed by atoms with Crippen molar-refractivity contribution in [3.05, 3.63) is 60.3 Å². The normalized spacial score (nSPS) is 12.2. The third kappa shape index (κ3) is 4.24. The van der Waals surface area contributed by atoms with Crippen LogP contribution in [0.1, 0.15) is 19.4 Å². The van der Waals surface area contributed by atoms with Crippen molar-refractivity contribution < 1.29 is 22.7 Å². The molecule has 0 saturated heterocycles. The van der Waals surface area contributed by atoms with E-state index in [2.05, 4.69) is 4.98 Å². The van der Waals surface area contributed by atoms with Crippen LogP contribution in [0.15, 0.2) is 59.6 Å². The lowest BCUT2D eigenvalue weighted by molar-refractivity contribution is -0.137. The Labute approximate surface area is 158 Å². The van der Waals surface area contributed by atoms with Gasteiger partial charge in [0.2, 0.25) is 0 Å². The van der Waals surface area contributed by atoms with E-state index < -0.39 is 16.7 Å². The van der Waals surface area contributed by atoms with Gasteiger partial charge in [0.1, 0.15) is 0 Å². The molecule has 3 aromatic rings. The van der Waals surface area contributed by atoms with Crippen LogP contribution in [0.5, 0.6) is 0 Å². The summed E-state index contributed by atoms with van der Waals surface area (Å²) >= 11 is 1.30. The fourth-order valence-corrected chi connectivity index (χ4v) is 3.78.